The van der Waals surface area contributed by atoms with Crippen LogP contribution in [0, 0.1) is 12.8 Å². The molecule has 0 amide bonds. The molecule has 2 rings (SSSR count). The summed E-state index contributed by atoms with van der Waals surface area (Å²) >= 11 is 1.69. The molecule has 2 N–H and O–H groups in total. The first-order valence-corrected chi connectivity index (χ1v) is 5.28. The van der Waals surface area contributed by atoms with E-state index in [2.05, 4.69) is 16.9 Å². The van der Waals surface area contributed by atoms with Crippen molar-refractivity contribution in [3.63, 3.8) is 0 Å². The number of hydrogen-bond acceptors (Lipinski definition) is 3. The van der Waals surface area contributed by atoms with Gasteiger partial charge in [-0.05, 0) is 19.8 Å². The van der Waals surface area contributed by atoms with E-state index in [0.29, 0.717) is 12.5 Å². The highest BCUT2D eigenvalue weighted by atomic mass is 32.1. The summed E-state index contributed by atoms with van der Waals surface area (Å²) in [4.78, 5) is 9.77. The van der Waals surface area contributed by atoms with Crippen molar-refractivity contribution in [2.24, 2.45) is 16.6 Å². The highest BCUT2D eigenvalue weighted by molar-refractivity contribution is 7.11. The Hall–Kier alpha value is -0.900. The number of nitrogens with two attached hydrogens (primary N) is 1. The fourth-order valence-corrected chi connectivity index (χ4v) is 1.85. The lowest BCUT2D eigenvalue weighted by Crippen LogP contribution is -2.13. The molecule has 1 aliphatic rings. The summed E-state index contributed by atoms with van der Waals surface area (Å²) < 4.78 is 0. The first-order valence-electron chi connectivity index (χ1n) is 4.47. The van der Waals surface area contributed by atoms with Gasteiger partial charge in [0.2, 0.25) is 0 Å². The van der Waals surface area contributed by atoms with Crippen LogP contribution in [0.2, 0.25) is 0 Å². The number of thiazole rings is 1. The van der Waals surface area contributed by atoms with Crippen LogP contribution in [0.5, 0.6) is 0 Å². The second-order valence-electron chi connectivity index (χ2n) is 3.38. The van der Waals surface area contributed by atoms with E-state index >= 15 is 0 Å². The van der Waals surface area contributed by atoms with Gasteiger partial charge in [0.1, 0.15) is 5.01 Å². The molecule has 0 spiro atoms. The Kier molecular flexibility index (Phi) is 2.31. The predicted molar refractivity (Wildman–Crippen MR) is 54.9 cm³/mol. The van der Waals surface area contributed by atoms with Crippen molar-refractivity contribution in [1.82, 2.24) is 4.98 Å². The van der Waals surface area contributed by atoms with Gasteiger partial charge in [-0.1, -0.05) is 0 Å². The molecule has 0 saturated heterocycles. The fraction of sp³-hybridized carbons (Fsp3) is 0.556. The van der Waals surface area contributed by atoms with E-state index in [1.807, 2.05) is 6.20 Å². The number of amidine groups is 1. The Morgan fingerprint density at radius 3 is 3.08 bits per heavy atom. The van der Waals surface area contributed by atoms with Gasteiger partial charge in [0.25, 0.3) is 0 Å². The van der Waals surface area contributed by atoms with Crippen molar-refractivity contribution in [3.05, 3.63) is 16.1 Å². The molecule has 1 aliphatic carbocycles. The average Bonchev–Trinajstić information content (AvgIpc) is 2.87. The van der Waals surface area contributed by atoms with E-state index in [9.17, 15) is 0 Å². The van der Waals surface area contributed by atoms with Gasteiger partial charge in [0, 0.05) is 17.0 Å². The highest BCUT2D eigenvalue weighted by Gasteiger charge is 2.25. The third kappa shape index (κ3) is 2.28. The zero-order valence-electron chi connectivity index (χ0n) is 7.66. The van der Waals surface area contributed by atoms with Gasteiger partial charge in [-0.15, -0.1) is 11.3 Å². The minimum absolute atomic E-state index is 0.570. The molecule has 1 heterocycles. The Balaban J connectivity index is 1.94. The van der Waals surface area contributed by atoms with E-state index in [1.165, 1.54) is 17.7 Å². The second kappa shape index (κ2) is 3.46. The molecule has 4 heteroatoms. The molecule has 0 aromatic carbocycles. The molecule has 1 aromatic rings. The lowest BCUT2D eigenvalue weighted by Gasteiger charge is -1.94. The third-order valence-electron chi connectivity index (χ3n) is 2.06. The topological polar surface area (TPSA) is 51.3 Å². The lowest BCUT2D eigenvalue weighted by molar-refractivity contribution is 0.998. The molecule has 0 bridgehead atoms. The number of aliphatic imine (C=N–C) groups is 1. The molecule has 0 atom stereocenters. The summed E-state index contributed by atoms with van der Waals surface area (Å²) in [7, 11) is 0. The van der Waals surface area contributed by atoms with Crippen LogP contribution in [-0.4, -0.2) is 10.8 Å². The van der Waals surface area contributed by atoms with Crippen LogP contribution in [0.3, 0.4) is 0 Å². The molecule has 1 aromatic heterocycles. The quantitative estimate of drug-likeness (QED) is 0.589. The van der Waals surface area contributed by atoms with Crippen LogP contribution < -0.4 is 5.73 Å². The van der Waals surface area contributed by atoms with Gasteiger partial charge in [0.15, 0.2) is 0 Å². The van der Waals surface area contributed by atoms with Crippen LogP contribution in [0.25, 0.3) is 0 Å². The lowest BCUT2D eigenvalue weighted by atomic mass is 10.4. The molecule has 3 nitrogen and oxygen atoms in total. The van der Waals surface area contributed by atoms with Crippen molar-refractivity contribution in [2.45, 2.75) is 26.3 Å². The van der Waals surface area contributed by atoms with Crippen molar-refractivity contribution >= 4 is 17.2 Å². The maximum absolute atomic E-state index is 5.76. The predicted octanol–water partition coefficient (Wildman–Crippen LogP) is 1.72. The summed E-state index contributed by atoms with van der Waals surface area (Å²) in [6.45, 7) is 2.70. The normalized spacial score (nSPS) is 17.8. The number of aryl methyl sites for hydroxylation is 1. The van der Waals surface area contributed by atoms with Crippen molar-refractivity contribution in [1.29, 1.82) is 0 Å². The largest absolute Gasteiger partial charge is 0.387 e. The van der Waals surface area contributed by atoms with Gasteiger partial charge in [-0.25, -0.2) is 4.98 Å². The Morgan fingerprint density at radius 1 is 1.77 bits per heavy atom. The van der Waals surface area contributed by atoms with E-state index in [-0.39, 0.29) is 0 Å². The molecule has 70 valence electrons. The maximum Gasteiger partial charge on any atom is 0.114 e. The van der Waals surface area contributed by atoms with Crippen LogP contribution in [-0.2, 0) is 6.54 Å². The SMILES string of the molecule is Cc1cnc(CN=C(N)C2CC2)s1. The average molecular weight is 195 g/mol. The number of aromatic nitrogens is 1. The van der Waals surface area contributed by atoms with Crippen LogP contribution in [0.4, 0.5) is 0 Å². The molecule has 1 fully saturated rings. The van der Waals surface area contributed by atoms with Crippen molar-refractivity contribution in [2.75, 3.05) is 0 Å². The third-order valence-corrected chi connectivity index (χ3v) is 2.96. The van der Waals surface area contributed by atoms with E-state index in [1.54, 1.807) is 11.3 Å². The Bertz CT molecular complexity index is 325. The van der Waals surface area contributed by atoms with Gasteiger partial charge in [-0.3, -0.25) is 4.99 Å². The minimum atomic E-state index is 0.570. The minimum Gasteiger partial charge on any atom is -0.387 e. The zero-order valence-corrected chi connectivity index (χ0v) is 8.47. The van der Waals surface area contributed by atoms with E-state index in [0.717, 1.165) is 10.8 Å². The monoisotopic (exact) mass is 195 g/mol. The van der Waals surface area contributed by atoms with Crippen molar-refractivity contribution < 1.29 is 0 Å². The number of rotatable bonds is 3. The van der Waals surface area contributed by atoms with Crippen LogP contribution in [0.1, 0.15) is 22.7 Å². The standard InChI is InChI=1S/C9H13N3S/c1-6-4-11-8(13-6)5-12-9(10)7-2-3-7/h4,7H,2-3,5H2,1H3,(H2,10,12). The van der Waals surface area contributed by atoms with Gasteiger partial charge in [0.05, 0.1) is 12.4 Å². The molecule has 1 saturated carbocycles. The molecular weight excluding hydrogens is 182 g/mol. The molecule has 0 aliphatic heterocycles. The van der Waals surface area contributed by atoms with E-state index in [4.69, 9.17) is 5.73 Å². The number of hydrogen-bond donors (Lipinski definition) is 1. The van der Waals surface area contributed by atoms with E-state index < -0.39 is 0 Å². The first-order chi connectivity index (χ1) is 6.25. The summed E-state index contributed by atoms with van der Waals surface area (Å²) in [5.41, 5.74) is 5.76. The van der Waals surface area contributed by atoms with Crippen molar-refractivity contribution in [3.8, 4) is 0 Å². The molecule has 0 unspecified atom stereocenters. The molecule has 13 heavy (non-hydrogen) atoms. The first kappa shape index (κ1) is 8.69. The maximum atomic E-state index is 5.76. The summed E-state index contributed by atoms with van der Waals surface area (Å²) in [6, 6.07) is 0. The van der Waals surface area contributed by atoms with Crippen LogP contribution in [0.15, 0.2) is 11.2 Å². The van der Waals surface area contributed by atoms with Gasteiger partial charge < -0.3 is 5.73 Å². The zero-order chi connectivity index (χ0) is 9.26. The Morgan fingerprint density at radius 2 is 2.54 bits per heavy atom. The summed E-state index contributed by atoms with van der Waals surface area (Å²) in [5.74, 6) is 1.38. The fourth-order valence-electron chi connectivity index (χ4n) is 1.14. The molecular formula is C9H13N3S. The van der Waals surface area contributed by atoms with Crippen LogP contribution >= 0.6 is 11.3 Å². The smallest absolute Gasteiger partial charge is 0.114 e. The highest BCUT2D eigenvalue weighted by Crippen LogP contribution is 2.29. The second-order valence-corrected chi connectivity index (χ2v) is 4.70. The summed E-state index contributed by atoms with van der Waals surface area (Å²) in [5, 5.41) is 1.06. The Labute approximate surface area is 81.7 Å². The van der Waals surface area contributed by atoms with Gasteiger partial charge >= 0.3 is 0 Å². The molecule has 0 radical (unpaired) electrons. The van der Waals surface area contributed by atoms with Gasteiger partial charge in [-0.2, -0.15) is 0 Å². The number of nitrogens with zero attached hydrogens (tertiary/aromatic N) is 2. The summed E-state index contributed by atoms with van der Waals surface area (Å²) in [6.07, 6.45) is 4.31.